The fourth-order valence-electron chi connectivity index (χ4n) is 2.25. The van der Waals surface area contributed by atoms with Gasteiger partial charge in [-0.3, -0.25) is 5.32 Å². The van der Waals surface area contributed by atoms with Crippen molar-refractivity contribution < 1.29 is 14.6 Å². The van der Waals surface area contributed by atoms with Gasteiger partial charge in [-0.1, -0.05) is 0 Å². The van der Waals surface area contributed by atoms with Gasteiger partial charge in [-0.15, -0.1) is 0 Å². The Balaban J connectivity index is 1.93. The van der Waals surface area contributed by atoms with E-state index in [4.69, 9.17) is 4.74 Å². The van der Waals surface area contributed by atoms with Crippen LogP contribution in [0.4, 0.5) is 10.6 Å². The van der Waals surface area contributed by atoms with Crippen LogP contribution in [0.25, 0.3) is 0 Å². The van der Waals surface area contributed by atoms with Crippen molar-refractivity contribution in [3.63, 3.8) is 0 Å². The van der Waals surface area contributed by atoms with E-state index in [0.29, 0.717) is 24.8 Å². The van der Waals surface area contributed by atoms with Gasteiger partial charge in [0.1, 0.15) is 5.82 Å². The first kappa shape index (κ1) is 14.5. The van der Waals surface area contributed by atoms with Crippen molar-refractivity contribution in [3.05, 3.63) is 12.3 Å². The molecule has 2 rings (SSSR count). The van der Waals surface area contributed by atoms with Gasteiger partial charge >= 0.3 is 12.0 Å². The van der Waals surface area contributed by atoms with E-state index >= 15 is 0 Å². The van der Waals surface area contributed by atoms with Crippen LogP contribution < -0.4 is 10.1 Å². The lowest BCUT2D eigenvalue weighted by molar-refractivity contribution is 0.202. The molecular weight excluding hydrogens is 260 g/mol. The third-order valence-electron chi connectivity index (χ3n) is 3.44. The summed E-state index contributed by atoms with van der Waals surface area (Å²) in [6, 6.07) is 1.66. The lowest BCUT2D eigenvalue weighted by Gasteiger charge is -2.20. The molecule has 2 amide bonds. The SMILES string of the molecule is COc1nccc(NC(=O)N2CCCC(CO)CC2)n1. The van der Waals surface area contributed by atoms with E-state index in [9.17, 15) is 9.90 Å². The number of aliphatic hydroxyl groups excluding tert-OH is 1. The number of carbonyl (C=O) groups excluding carboxylic acids is 1. The zero-order valence-electron chi connectivity index (χ0n) is 11.6. The zero-order chi connectivity index (χ0) is 14.4. The van der Waals surface area contributed by atoms with Crippen LogP contribution in [0.15, 0.2) is 12.3 Å². The van der Waals surface area contributed by atoms with E-state index in [0.717, 1.165) is 19.3 Å². The number of methoxy groups -OCH3 is 1. The first-order valence-corrected chi connectivity index (χ1v) is 6.76. The van der Waals surface area contributed by atoms with Gasteiger partial charge in [0.05, 0.1) is 7.11 Å². The third-order valence-corrected chi connectivity index (χ3v) is 3.44. The number of amides is 2. The molecule has 110 valence electrons. The summed E-state index contributed by atoms with van der Waals surface area (Å²) < 4.78 is 4.92. The van der Waals surface area contributed by atoms with E-state index in [1.165, 1.54) is 13.3 Å². The van der Waals surface area contributed by atoms with Gasteiger partial charge in [-0.25, -0.2) is 9.78 Å². The maximum Gasteiger partial charge on any atom is 0.323 e. The summed E-state index contributed by atoms with van der Waals surface area (Å²) in [5, 5.41) is 11.9. The summed E-state index contributed by atoms with van der Waals surface area (Å²) in [7, 11) is 1.48. The molecular formula is C13H20N4O3. The van der Waals surface area contributed by atoms with Gasteiger partial charge in [-0.2, -0.15) is 4.98 Å². The Bertz CT molecular complexity index is 455. The van der Waals surface area contributed by atoms with Crippen molar-refractivity contribution in [3.8, 4) is 6.01 Å². The minimum absolute atomic E-state index is 0.177. The second-order valence-corrected chi connectivity index (χ2v) is 4.83. The average Bonchev–Trinajstić information content (AvgIpc) is 2.73. The topological polar surface area (TPSA) is 87.6 Å². The van der Waals surface area contributed by atoms with E-state index in [1.54, 1.807) is 11.0 Å². The highest BCUT2D eigenvalue weighted by Crippen LogP contribution is 2.17. The maximum atomic E-state index is 12.2. The number of nitrogens with zero attached hydrogens (tertiary/aromatic N) is 3. The molecule has 0 aromatic carbocycles. The molecule has 0 spiro atoms. The van der Waals surface area contributed by atoms with Crippen LogP contribution >= 0.6 is 0 Å². The van der Waals surface area contributed by atoms with E-state index in [-0.39, 0.29) is 18.6 Å². The van der Waals surface area contributed by atoms with Crippen LogP contribution in [0.1, 0.15) is 19.3 Å². The number of anilines is 1. The van der Waals surface area contributed by atoms with Crippen LogP contribution in [0.2, 0.25) is 0 Å². The number of hydrogen-bond acceptors (Lipinski definition) is 5. The van der Waals surface area contributed by atoms with Crippen LogP contribution in [-0.4, -0.2) is 52.8 Å². The van der Waals surface area contributed by atoms with Crippen LogP contribution in [0, 0.1) is 5.92 Å². The van der Waals surface area contributed by atoms with Crippen molar-refractivity contribution in [1.82, 2.24) is 14.9 Å². The van der Waals surface area contributed by atoms with Gasteiger partial charge < -0.3 is 14.7 Å². The largest absolute Gasteiger partial charge is 0.467 e. The van der Waals surface area contributed by atoms with Gasteiger partial charge in [0.15, 0.2) is 0 Å². The summed E-state index contributed by atoms with van der Waals surface area (Å²) >= 11 is 0. The zero-order valence-corrected chi connectivity index (χ0v) is 11.6. The number of aliphatic hydroxyl groups is 1. The fraction of sp³-hybridized carbons (Fsp3) is 0.615. The first-order valence-electron chi connectivity index (χ1n) is 6.76. The minimum atomic E-state index is -0.177. The van der Waals surface area contributed by atoms with E-state index in [1.807, 2.05) is 0 Å². The Morgan fingerprint density at radius 2 is 2.40 bits per heavy atom. The van der Waals surface area contributed by atoms with Crippen molar-refractivity contribution in [2.45, 2.75) is 19.3 Å². The molecule has 1 fully saturated rings. The molecule has 1 aromatic heterocycles. The molecule has 0 saturated carbocycles. The minimum Gasteiger partial charge on any atom is -0.467 e. The monoisotopic (exact) mass is 280 g/mol. The number of rotatable bonds is 3. The molecule has 7 heteroatoms. The summed E-state index contributed by atoms with van der Waals surface area (Å²) in [5.41, 5.74) is 0. The summed E-state index contributed by atoms with van der Waals surface area (Å²) in [6.07, 6.45) is 4.23. The highest BCUT2D eigenvalue weighted by Gasteiger charge is 2.20. The molecule has 1 atom stereocenters. The number of nitrogens with one attached hydrogen (secondary N) is 1. The van der Waals surface area contributed by atoms with Crippen LogP contribution in [0.3, 0.4) is 0 Å². The molecule has 0 bridgehead atoms. The second-order valence-electron chi connectivity index (χ2n) is 4.83. The molecule has 0 radical (unpaired) electrons. The number of hydrogen-bond donors (Lipinski definition) is 2. The van der Waals surface area contributed by atoms with E-state index < -0.39 is 0 Å². The van der Waals surface area contributed by atoms with E-state index in [2.05, 4.69) is 15.3 Å². The van der Waals surface area contributed by atoms with Gasteiger partial charge in [0.25, 0.3) is 0 Å². The molecule has 1 aliphatic rings. The normalized spacial score (nSPS) is 19.3. The highest BCUT2D eigenvalue weighted by molar-refractivity contribution is 5.88. The lowest BCUT2D eigenvalue weighted by atomic mass is 10.0. The van der Waals surface area contributed by atoms with Gasteiger partial charge in [0.2, 0.25) is 0 Å². The van der Waals surface area contributed by atoms with Crippen molar-refractivity contribution in [1.29, 1.82) is 0 Å². The molecule has 1 saturated heterocycles. The Hall–Kier alpha value is -1.89. The Morgan fingerprint density at radius 1 is 1.55 bits per heavy atom. The van der Waals surface area contributed by atoms with Crippen molar-refractivity contribution in [2.24, 2.45) is 5.92 Å². The Morgan fingerprint density at radius 3 is 3.15 bits per heavy atom. The van der Waals surface area contributed by atoms with Crippen LogP contribution in [-0.2, 0) is 0 Å². The third kappa shape index (κ3) is 3.80. The highest BCUT2D eigenvalue weighted by atomic mass is 16.5. The predicted molar refractivity (Wildman–Crippen MR) is 73.6 cm³/mol. The van der Waals surface area contributed by atoms with Crippen LogP contribution in [0.5, 0.6) is 6.01 Å². The Labute approximate surface area is 118 Å². The lowest BCUT2D eigenvalue weighted by Crippen LogP contribution is -2.36. The maximum absolute atomic E-state index is 12.2. The molecule has 1 aliphatic heterocycles. The average molecular weight is 280 g/mol. The molecule has 1 unspecified atom stereocenters. The standard InChI is InChI=1S/C13H20N4O3/c1-20-12-14-6-4-11(15-12)16-13(19)17-7-2-3-10(9-18)5-8-17/h4,6,10,18H,2-3,5,7-9H2,1H3,(H,14,15,16,19). The molecule has 1 aromatic rings. The number of likely N-dealkylation sites (tertiary alicyclic amines) is 1. The quantitative estimate of drug-likeness (QED) is 0.866. The summed E-state index contributed by atoms with van der Waals surface area (Å²) in [4.78, 5) is 21.9. The van der Waals surface area contributed by atoms with Gasteiger partial charge in [0, 0.05) is 25.9 Å². The number of aromatic nitrogens is 2. The number of ether oxygens (including phenoxy) is 1. The summed E-state index contributed by atoms with van der Waals surface area (Å²) in [6.45, 7) is 1.54. The molecule has 7 nitrogen and oxygen atoms in total. The Kier molecular flexibility index (Phi) is 5.11. The molecule has 0 aliphatic carbocycles. The van der Waals surface area contributed by atoms with Crippen molar-refractivity contribution in [2.75, 3.05) is 32.1 Å². The predicted octanol–water partition coefficient (Wildman–Crippen LogP) is 1.11. The molecule has 20 heavy (non-hydrogen) atoms. The number of carbonyl (C=O) groups is 1. The van der Waals surface area contributed by atoms with Gasteiger partial charge in [-0.05, 0) is 31.2 Å². The number of urea groups is 1. The summed E-state index contributed by atoms with van der Waals surface area (Å²) in [5.74, 6) is 0.719. The fourth-order valence-corrected chi connectivity index (χ4v) is 2.25. The van der Waals surface area contributed by atoms with Crippen molar-refractivity contribution >= 4 is 11.8 Å². The molecule has 2 N–H and O–H groups in total. The first-order chi connectivity index (χ1) is 9.72. The molecule has 2 heterocycles. The second kappa shape index (κ2) is 7.04. The smallest absolute Gasteiger partial charge is 0.323 e.